The molecular weight excluding hydrogens is 570 g/mol. The van der Waals surface area contributed by atoms with E-state index in [1.807, 2.05) is 72.8 Å². The summed E-state index contributed by atoms with van der Waals surface area (Å²) in [4.78, 5) is 19.1. The second-order valence-corrected chi connectivity index (χ2v) is 11.1. The number of fused-ring (bicyclic) bond motifs is 2. The number of carbonyl (C=O) groups is 1. The summed E-state index contributed by atoms with van der Waals surface area (Å²) in [6, 6.07) is 32.4. The highest BCUT2D eigenvalue weighted by Crippen LogP contribution is 2.36. The highest BCUT2D eigenvalue weighted by molar-refractivity contribution is 5.69. The van der Waals surface area contributed by atoms with Crippen molar-refractivity contribution in [3.63, 3.8) is 0 Å². The van der Waals surface area contributed by atoms with Gasteiger partial charge in [-0.3, -0.25) is 9.69 Å². The molecule has 7 rings (SSSR count). The number of nitrogens with zero attached hydrogens (tertiary/aromatic N) is 3. The van der Waals surface area contributed by atoms with Crippen LogP contribution in [0.5, 0.6) is 23.0 Å². The highest BCUT2D eigenvalue weighted by atomic mass is 16.7. The van der Waals surface area contributed by atoms with Crippen LogP contribution in [0.25, 0.3) is 22.6 Å². The van der Waals surface area contributed by atoms with E-state index in [9.17, 15) is 9.90 Å². The van der Waals surface area contributed by atoms with Crippen LogP contribution in [0.4, 0.5) is 0 Å². The number of benzene rings is 4. The van der Waals surface area contributed by atoms with Crippen molar-refractivity contribution in [1.29, 1.82) is 0 Å². The lowest BCUT2D eigenvalue weighted by atomic mass is 10.1. The normalized spacial score (nSPS) is 13.0. The maximum absolute atomic E-state index is 11.5. The van der Waals surface area contributed by atoms with Crippen molar-refractivity contribution in [1.82, 2.24) is 14.5 Å². The van der Waals surface area contributed by atoms with Crippen LogP contribution < -0.4 is 18.9 Å². The van der Waals surface area contributed by atoms with Gasteiger partial charge in [0.15, 0.2) is 23.0 Å². The molecule has 0 spiro atoms. The molecule has 1 N–H and O–H groups in total. The summed E-state index contributed by atoms with van der Waals surface area (Å²) in [6.45, 7) is 2.77. The minimum Gasteiger partial charge on any atom is -0.481 e. The van der Waals surface area contributed by atoms with E-state index in [2.05, 4.69) is 33.7 Å². The first-order chi connectivity index (χ1) is 22.1. The summed E-state index contributed by atoms with van der Waals surface area (Å²) in [6.07, 6.45) is 0.557. The molecule has 2 aliphatic heterocycles. The summed E-state index contributed by atoms with van der Waals surface area (Å²) in [5.74, 6) is 2.98. The maximum atomic E-state index is 11.5. The van der Waals surface area contributed by atoms with Gasteiger partial charge in [-0.2, -0.15) is 0 Å². The van der Waals surface area contributed by atoms with Crippen molar-refractivity contribution in [3.8, 4) is 45.6 Å². The van der Waals surface area contributed by atoms with Crippen LogP contribution in [0.15, 0.2) is 97.1 Å². The van der Waals surface area contributed by atoms with Gasteiger partial charge in [-0.05, 0) is 41.8 Å². The van der Waals surface area contributed by atoms with Crippen molar-refractivity contribution >= 4 is 5.97 Å². The van der Waals surface area contributed by atoms with Crippen molar-refractivity contribution in [2.24, 2.45) is 0 Å². The number of ether oxygens (including phenoxy) is 4. The molecule has 0 saturated heterocycles. The van der Waals surface area contributed by atoms with Crippen LogP contribution in [0.1, 0.15) is 29.7 Å². The lowest BCUT2D eigenvalue weighted by molar-refractivity contribution is -0.137. The Kier molecular flexibility index (Phi) is 8.07. The van der Waals surface area contributed by atoms with Gasteiger partial charge >= 0.3 is 5.97 Å². The highest BCUT2D eigenvalue weighted by Gasteiger charge is 2.24. The predicted molar refractivity (Wildman–Crippen MR) is 168 cm³/mol. The summed E-state index contributed by atoms with van der Waals surface area (Å²) in [5.41, 5.74) is 6.06. The van der Waals surface area contributed by atoms with Gasteiger partial charge in [0.25, 0.3) is 0 Å². The fourth-order valence-corrected chi connectivity index (χ4v) is 5.89. The van der Waals surface area contributed by atoms with Crippen molar-refractivity contribution < 1.29 is 28.8 Å². The van der Waals surface area contributed by atoms with Gasteiger partial charge < -0.3 is 28.6 Å². The van der Waals surface area contributed by atoms with Crippen LogP contribution in [-0.2, 0) is 31.0 Å². The number of aliphatic carboxylic acids is 1. The van der Waals surface area contributed by atoms with Crippen LogP contribution in [-0.4, -0.2) is 39.1 Å². The quantitative estimate of drug-likeness (QED) is 0.168. The molecule has 4 aromatic carbocycles. The summed E-state index contributed by atoms with van der Waals surface area (Å²) >= 11 is 0. The standard InChI is InChI=1S/C36H33N3O6/c40-34(41)12-7-17-39-29(35(27-8-3-1-4-9-27)37-36(39)28-10-5-2-6-11-28)22-38(20-25-13-15-30-32(18-25)44-23-42-30)21-26-14-16-31-33(19-26)45-24-43-31/h1-6,8-11,13-16,18-19H,7,12,17,20-24H2,(H,40,41). The minimum atomic E-state index is -0.812. The van der Waals surface area contributed by atoms with E-state index in [4.69, 9.17) is 23.9 Å². The molecule has 228 valence electrons. The number of carboxylic acids is 1. The summed E-state index contributed by atoms with van der Waals surface area (Å²) in [7, 11) is 0. The minimum absolute atomic E-state index is 0.0740. The number of imidazole rings is 1. The second kappa shape index (κ2) is 12.8. The first-order valence-electron chi connectivity index (χ1n) is 15.0. The van der Waals surface area contributed by atoms with Crippen LogP contribution in [0, 0.1) is 0 Å². The lowest BCUT2D eigenvalue weighted by Gasteiger charge is -2.25. The van der Waals surface area contributed by atoms with Gasteiger partial charge in [-0.15, -0.1) is 0 Å². The molecule has 0 saturated carbocycles. The third-order valence-corrected chi connectivity index (χ3v) is 7.98. The SMILES string of the molecule is O=C(O)CCCn1c(-c2ccccc2)nc(-c2ccccc2)c1CN(Cc1ccc2c(c1)OCO2)Cc1ccc2c(c1)OCO2. The van der Waals surface area contributed by atoms with Gasteiger partial charge in [0, 0.05) is 43.7 Å². The Morgan fingerprint density at radius 2 is 1.27 bits per heavy atom. The van der Waals surface area contributed by atoms with Crippen molar-refractivity contribution in [3.05, 3.63) is 114 Å². The van der Waals surface area contributed by atoms with E-state index in [-0.39, 0.29) is 20.0 Å². The molecule has 0 unspecified atom stereocenters. The van der Waals surface area contributed by atoms with E-state index in [1.165, 1.54) is 0 Å². The number of hydrogen-bond donors (Lipinski definition) is 1. The van der Waals surface area contributed by atoms with Gasteiger partial charge in [-0.1, -0.05) is 72.8 Å². The Morgan fingerprint density at radius 1 is 0.711 bits per heavy atom. The molecule has 45 heavy (non-hydrogen) atoms. The molecule has 5 aromatic rings. The summed E-state index contributed by atoms with van der Waals surface area (Å²) < 4.78 is 24.7. The van der Waals surface area contributed by atoms with Gasteiger partial charge in [0.1, 0.15) is 5.82 Å². The summed E-state index contributed by atoms with van der Waals surface area (Å²) in [5, 5.41) is 9.47. The molecule has 1 aromatic heterocycles. The fraction of sp³-hybridized carbons (Fsp3) is 0.222. The van der Waals surface area contributed by atoms with Crippen LogP contribution in [0.3, 0.4) is 0 Å². The predicted octanol–water partition coefficient (Wildman–Crippen LogP) is 6.74. The Morgan fingerprint density at radius 3 is 1.84 bits per heavy atom. The Balaban J connectivity index is 1.31. The fourth-order valence-electron chi connectivity index (χ4n) is 5.89. The zero-order valence-corrected chi connectivity index (χ0v) is 24.7. The van der Waals surface area contributed by atoms with Crippen molar-refractivity contribution in [2.75, 3.05) is 13.6 Å². The molecule has 9 heteroatoms. The van der Waals surface area contributed by atoms with E-state index in [0.29, 0.717) is 32.6 Å². The Labute approximate surface area is 261 Å². The molecule has 2 aliphatic rings. The van der Waals surface area contributed by atoms with Gasteiger partial charge in [0.2, 0.25) is 13.6 Å². The third-order valence-electron chi connectivity index (χ3n) is 7.98. The molecule has 0 aliphatic carbocycles. The Bertz CT molecular complexity index is 1750. The molecule has 0 bridgehead atoms. The molecule has 0 atom stereocenters. The smallest absolute Gasteiger partial charge is 0.303 e. The zero-order valence-electron chi connectivity index (χ0n) is 24.7. The molecule has 9 nitrogen and oxygen atoms in total. The lowest BCUT2D eigenvalue weighted by Crippen LogP contribution is -2.24. The van der Waals surface area contributed by atoms with Crippen LogP contribution >= 0.6 is 0 Å². The number of hydrogen-bond acceptors (Lipinski definition) is 7. The maximum Gasteiger partial charge on any atom is 0.303 e. The molecule has 0 fully saturated rings. The van der Waals surface area contributed by atoms with Gasteiger partial charge in [-0.25, -0.2) is 4.98 Å². The zero-order chi connectivity index (χ0) is 30.6. The molecule has 0 amide bonds. The van der Waals surface area contributed by atoms with Gasteiger partial charge in [0.05, 0.1) is 11.4 Å². The Hall–Kier alpha value is -5.28. The first-order valence-corrected chi connectivity index (χ1v) is 15.0. The third kappa shape index (κ3) is 6.34. The van der Waals surface area contributed by atoms with E-state index < -0.39 is 5.97 Å². The number of rotatable bonds is 12. The molecular formula is C36H33N3O6. The topological polar surface area (TPSA) is 95.3 Å². The average Bonchev–Trinajstić information content (AvgIpc) is 3.81. The van der Waals surface area contributed by atoms with E-state index in [0.717, 1.165) is 62.5 Å². The first kappa shape index (κ1) is 28.5. The van der Waals surface area contributed by atoms with Crippen LogP contribution in [0.2, 0.25) is 0 Å². The average molecular weight is 604 g/mol. The number of aromatic nitrogens is 2. The number of carboxylic acid groups (broad SMARTS) is 1. The van der Waals surface area contributed by atoms with E-state index in [1.54, 1.807) is 0 Å². The molecule has 3 heterocycles. The molecule has 0 radical (unpaired) electrons. The second-order valence-electron chi connectivity index (χ2n) is 11.1. The monoisotopic (exact) mass is 603 g/mol. The van der Waals surface area contributed by atoms with E-state index >= 15 is 0 Å². The largest absolute Gasteiger partial charge is 0.481 e. The van der Waals surface area contributed by atoms with Crippen molar-refractivity contribution in [2.45, 2.75) is 39.0 Å².